The minimum absolute atomic E-state index is 0.333. The minimum Gasteiger partial charge on any atom is -0.383 e. The predicted molar refractivity (Wildman–Crippen MR) is 107 cm³/mol. The average molecular weight is 399 g/mol. The van der Waals surface area contributed by atoms with E-state index in [1.165, 1.54) is 6.07 Å². The van der Waals surface area contributed by atoms with Crippen molar-refractivity contribution < 1.29 is 9.50 Å². The van der Waals surface area contributed by atoms with E-state index in [0.29, 0.717) is 27.3 Å². The molecule has 1 N–H and O–H groups in total. The van der Waals surface area contributed by atoms with Crippen LogP contribution in [0.1, 0.15) is 17.2 Å². The molecule has 0 bridgehead atoms. The number of nitrogens with zero attached hydrogens (tertiary/aromatic N) is 2. The van der Waals surface area contributed by atoms with Gasteiger partial charge in [0.15, 0.2) is 0 Å². The molecule has 1 unspecified atom stereocenters. The van der Waals surface area contributed by atoms with Crippen LogP contribution in [0.15, 0.2) is 65.7 Å². The highest BCUT2D eigenvalue weighted by molar-refractivity contribution is 7.08. The van der Waals surface area contributed by atoms with Crippen molar-refractivity contribution in [1.29, 1.82) is 0 Å². The number of aromatic nitrogens is 2. The van der Waals surface area contributed by atoms with Gasteiger partial charge in [-0.05, 0) is 35.7 Å². The Labute approximate surface area is 165 Å². The predicted octanol–water partition coefficient (Wildman–Crippen LogP) is 5.69. The smallest absolute Gasteiger partial charge is 0.132 e. The monoisotopic (exact) mass is 398 g/mol. The van der Waals surface area contributed by atoms with Crippen molar-refractivity contribution in [2.24, 2.45) is 7.05 Å². The van der Waals surface area contributed by atoms with Gasteiger partial charge in [-0.15, -0.1) is 0 Å². The van der Waals surface area contributed by atoms with Crippen molar-refractivity contribution in [3.63, 3.8) is 0 Å². The average Bonchev–Trinajstić information content (AvgIpc) is 3.29. The second-order valence-electron chi connectivity index (χ2n) is 6.24. The lowest BCUT2D eigenvalue weighted by molar-refractivity contribution is 0.221. The lowest BCUT2D eigenvalue weighted by Gasteiger charge is -2.16. The van der Waals surface area contributed by atoms with Crippen LogP contribution in [0.25, 0.3) is 22.4 Å². The Morgan fingerprint density at radius 3 is 2.74 bits per heavy atom. The number of rotatable bonds is 4. The molecule has 0 aliphatic rings. The van der Waals surface area contributed by atoms with Crippen molar-refractivity contribution in [3.8, 4) is 22.4 Å². The summed E-state index contributed by atoms with van der Waals surface area (Å²) in [6, 6.07) is 10.1. The van der Waals surface area contributed by atoms with Gasteiger partial charge in [0.2, 0.25) is 0 Å². The third-order valence-corrected chi connectivity index (χ3v) is 5.43. The first-order valence-electron chi connectivity index (χ1n) is 8.31. The number of halogens is 2. The Morgan fingerprint density at radius 1 is 1.22 bits per heavy atom. The van der Waals surface area contributed by atoms with Gasteiger partial charge in [-0.1, -0.05) is 17.7 Å². The van der Waals surface area contributed by atoms with Crippen molar-refractivity contribution in [3.05, 3.63) is 87.7 Å². The molecule has 0 radical (unpaired) electrons. The Morgan fingerprint density at radius 2 is 2.07 bits per heavy atom. The summed E-state index contributed by atoms with van der Waals surface area (Å²) >= 11 is 7.49. The van der Waals surface area contributed by atoms with Crippen LogP contribution in [0.4, 0.5) is 4.39 Å². The van der Waals surface area contributed by atoms with Crippen molar-refractivity contribution >= 4 is 22.9 Å². The summed E-state index contributed by atoms with van der Waals surface area (Å²) < 4.78 is 16.6. The van der Waals surface area contributed by atoms with Crippen molar-refractivity contribution in [1.82, 2.24) is 9.55 Å². The molecule has 3 heterocycles. The van der Waals surface area contributed by atoms with Crippen LogP contribution in [-0.4, -0.2) is 14.7 Å². The lowest BCUT2D eigenvalue weighted by Crippen LogP contribution is -2.04. The number of aryl methyl sites for hydroxylation is 1. The number of hydrogen-bond donors (Lipinski definition) is 1. The third kappa shape index (κ3) is 3.30. The molecule has 27 heavy (non-hydrogen) atoms. The number of benzene rings is 1. The quantitative estimate of drug-likeness (QED) is 0.479. The van der Waals surface area contributed by atoms with Crippen LogP contribution in [0, 0.1) is 5.82 Å². The molecule has 1 aromatic carbocycles. The maximum absolute atomic E-state index is 14.7. The number of pyridine rings is 1. The molecule has 0 amide bonds. The van der Waals surface area contributed by atoms with E-state index in [4.69, 9.17) is 11.6 Å². The second-order valence-corrected chi connectivity index (χ2v) is 7.46. The Balaban J connectivity index is 1.98. The summed E-state index contributed by atoms with van der Waals surface area (Å²) in [5, 5.41) is 15.5. The van der Waals surface area contributed by atoms with Crippen molar-refractivity contribution in [2.45, 2.75) is 6.10 Å². The van der Waals surface area contributed by atoms with Gasteiger partial charge >= 0.3 is 0 Å². The SMILES string of the molecule is Cn1cc(-c2ccc(Cl)cc2F)c(C(O)c2cccnc2)c1-c1ccsc1. The fourth-order valence-corrected chi connectivity index (χ4v) is 4.11. The first-order valence-corrected chi connectivity index (χ1v) is 9.63. The highest BCUT2D eigenvalue weighted by Gasteiger charge is 2.26. The molecule has 0 saturated heterocycles. The topological polar surface area (TPSA) is 38.0 Å². The summed E-state index contributed by atoms with van der Waals surface area (Å²) in [6.45, 7) is 0. The first kappa shape index (κ1) is 17.9. The summed E-state index contributed by atoms with van der Waals surface area (Å²) in [5.41, 5.74) is 4.14. The van der Waals surface area contributed by atoms with E-state index in [1.54, 1.807) is 41.9 Å². The fraction of sp³-hybridized carbons (Fsp3) is 0.0952. The molecule has 0 aliphatic heterocycles. The van der Waals surface area contributed by atoms with E-state index in [1.807, 2.05) is 40.7 Å². The summed E-state index contributed by atoms with van der Waals surface area (Å²) in [7, 11) is 1.89. The van der Waals surface area contributed by atoms with Crippen LogP contribution in [0.5, 0.6) is 0 Å². The van der Waals surface area contributed by atoms with Crippen LogP contribution in [0.3, 0.4) is 0 Å². The zero-order valence-corrected chi connectivity index (χ0v) is 16.0. The molecular formula is C21H16ClFN2OS. The highest BCUT2D eigenvalue weighted by Crippen LogP contribution is 2.41. The second kappa shape index (κ2) is 7.27. The molecular weight excluding hydrogens is 383 g/mol. The van der Waals surface area contributed by atoms with Gasteiger partial charge in [0.1, 0.15) is 11.9 Å². The van der Waals surface area contributed by atoms with Crippen LogP contribution in [-0.2, 0) is 7.05 Å². The Bertz CT molecular complexity index is 1080. The van der Waals surface area contributed by atoms with Gasteiger partial charge in [-0.2, -0.15) is 11.3 Å². The zero-order chi connectivity index (χ0) is 19.0. The maximum atomic E-state index is 14.7. The van der Waals surface area contributed by atoms with Gasteiger partial charge in [-0.3, -0.25) is 4.98 Å². The molecule has 4 aromatic rings. The Kier molecular flexibility index (Phi) is 4.83. The molecule has 0 saturated carbocycles. The summed E-state index contributed by atoms with van der Waals surface area (Å²) in [5.74, 6) is -0.426. The summed E-state index contributed by atoms with van der Waals surface area (Å²) in [6.07, 6.45) is 4.17. The first-order chi connectivity index (χ1) is 13.1. The van der Waals surface area contributed by atoms with Crippen molar-refractivity contribution in [2.75, 3.05) is 0 Å². The Hall–Kier alpha value is -2.47. The molecule has 3 aromatic heterocycles. The molecule has 4 rings (SSSR count). The largest absolute Gasteiger partial charge is 0.383 e. The van der Waals surface area contributed by atoms with Gasteiger partial charge in [0.05, 0.1) is 5.69 Å². The molecule has 3 nitrogen and oxygen atoms in total. The number of hydrogen-bond acceptors (Lipinski definition) is 3. The van der Waals surface area contributed by atoms with E-state index < -0.39 is 11.9 Å². The van der Waals surface area contributed by atoms with Crippen LogP contribution < -0.4 is 0 Å². The van der Waals surface area contributed by atoms with Crippen LogP contribution >= 0.6 is 22.9 Å². The minimum atomic E-state index is -0.945. The van der Waals surface area contributed by atoms with E-state index in [2.05, 4.69) is 4.98 Å². The van der Waals surface area contributed by atoms with Gasteiger partial charge < -0.3 is 9.67 Å². The van der Waals surface area contributed by atoms with E-state index in [9.17, 15) is 9.50 Å². The maximum Gasteiger partial charge on any atom is 0.132 e. The van der Waals surface area contributed by atoms with E-state index in [0.717, 1.165) is 11.3 Å². The van der Waals surface area contributed by atoms with E-state index in [-0.39, 0.29) is 0 Å². The van der Waals surface area contributed by atoms with Crippen LogP contribution in [0.2, 0.25) is 5.02 Å². The number of aliphatic hydroxyl groups is 1. The number of aliphatic hydroxyl groups excluding tert-OH is 1. The molecule has 0 spiro atoms. The normalized spacial score (nSPS) is 12.3. The third-order valence-electron chi connectivity index (χ3n) is 4.51. The molecule has 1 atom stereocenters. The molecule has 0 fully saturated rings. The molecule has 6 heteroatoms. The fourth-order valence-electron chi connectivity index (χ4n) is 3.31. The van der Waals surface area contributed by atoms with Gasteiger partial charge in [0.25, 0.3) is 0 Å². The molecule has 0 aliphatic carbocycles. The van der Waals surface area contributed by atoms with E-state index >= 15 is 0 Å². The number of thiophene rings is 1. The summed E-state index contributed by atoms with van der Waals surface area (Å²) in [4.78, 5) is 4.11. The van der Waals surface area contributed by atoms with Gasteiger partial charge in [0, 0.05) is 63.9 Å². The standard InChI is InChI=1S/C21H16ClFN2OS/c1-25-11-17(16-5-4-15(22)9-18(16)23)19(20(25)14-6-8-27-12-14)21(26)13-3-2-7-24-10-13/h2-12,21,26H,1H3. The highest BCUT2D eigenvalue weighted by atomic mass is 35.5. The zero-order valence-electron chi connectivity index (χ0n) is 14.4. The molecule has 136 valence electrons. The lowest BCUT2D eigenvalue weighted by atomic mass is 9.93. The van der Waals surface area contributed by atoms with Gasteiger partial charge in [-0.25, -0.2) is 4.39 Å².